The highest BCUT2D eigenvalue weighted by Crippen LogP contribution is 2.16. The van der Waals surface area contributed by atoms with Gasteiger partial charge in [-0.3, -0.25) is 9.20 Å². The lowest BCUT2D eigenvalue weighted by Crippen LogP contribution is -2.33. The molecule has 0 aliphatic carbocycles. The minimum absolute atomic E-state index is 0.0273. The Morgan fingerprint density at radius 3 is 3.25 bits per heavy atom. The first kappa shape index (κ1) is 11.1. The zero-order chi connectivity index (χ0) is 11.5. The molecule has 16 heavy (non-hydrogen) atoms. The highest BCUT2D eigenvalue weighted by atomic mass is 32.1. The van der Waals surface area contributed by atoms with Gasteiger partial charge in [0.25, 0.3) is 5.91 Å². The summed E-state index contributed by atoms with van der Waals surface area (Å²) in [6.45, 7) is 1.49. The largest absolute Gasteiger partial charge is 0.339 e. The molecule has 0 saturated heterocycles. The summed E-state index contributed by atoms with van der Waals surface area (Å²) in [4.78, 5) is 18.8. The standard InChI is InChI=1S/C10H14N4OS/c1-11-3-4-13(2)10(15)8-6-16-9-5-12-7-14(8)9/h5-7,11H,3-4H2,1-2H3. The zero-order valence-electron chi connectivity index (χ0n) is 9.30. The molecule has 1 N–H and O–H groups in total. The van der Waals surface area contributed by atoms with Gasteiger partial charge in [0.15, 0.2) is 0 Å². The van der Waals surface area contributed by atoms with Gasteiger partial charge in [0.1, 0.15) is 16.9 Å². The number of imidazole rings is 1. The molecule has 0 saturated carbocycles. The molecule has 0 aliphatic rings. The van der Waals surface area contributed by atoms with Gasteiger partial charge >= 0.3 is 0 Å². The number of fused-ring (bicyclic) bond motifs is 1. The summed E-state index contributed by atoms with van der Waals surface area (Å²) >= 11 is 1.53. The lowest BCUT2D eigenvalue weighted by Gasteiger charge is -2.15. The number of nitrogens with one attached hydrogen (secondary N) is 1. The van der Waals surface area contributed by atoms with Crippen LogP contribution in [0.1, 0.15) is 10.5 Å². The van der Waals surface area contributed by atoms with Crippen molar-refractivity contribution in [1.82, 2.24) is 19.6 Å². The summed E-state index contributed by atoms with van der Waals surface area (Å²) in [5, 5.41) is 4.89. The fourth-order valence-corrected chi connectivity index (χ4v) is 2.28. The van der Waals surface area contributed by atoms with Gasteiger partial charge in [0, 0.05) is 25.5 Å². The molecule has 0 bridgehead atoms. The third-order valence-corrected chi connectivity index (χ3v) is 3.30. The van der Waals surface area contributed by atoms with Crippen molar-refractivity contribution in [3.63, 3.8) is 0 Å². The van der Waals surface area contributed by atoms with E-state index in [1.165, 1.54) is 11.3 Å². The number of hydrogen-bond acceptors (Lipinski definition) is 4. The summed E-state index contributed by atoms with van der Waals surface area (Å²) in [7, 11) is 3.68. The Morgan fingerprint density at radius 2 is 2.50 bits per heavy atom. The van der Waals surface area contributed by atoms with E-state index in [-0.39, 0.29) is 5.91 Å². The Kier molecular flexibility index (Phi) is 3.21. The number of carbonyl (C=O) groups is 1. The Bertz CT molecular complexity index is 490. The van der Waals surface area contributed by atoms with Crippen LogP contribution in [-0.2, 0) is 0 Å². The molecule has 0 unspecified atom stereocenters. The summed E-state index contributed by atoms with van der Waals surface area (Å²) < 4.78 is 1.82. The van der Waals surface area contributed by atoms with E-state index < -0.39 is 0 Å². The second-order valence-corrected chi connectivity index (χ2v) is 4.44. The average Bonchev–Trinajstić information content (AvgIpc) is 2.86. The van der Waals surface area contributed by atoms with E-state index in [1.54, 1.807) is 24.5 Å². The zero-order valence-corrected chi connectivity index (χ0v) is 10.1. The normalized spacial score (nSPS) is 10.9. The summed E-state index contributed by atoms with van der Waals surface area (Å²) in [5.41, 5.74) is 0.677. The van der Waals surface area contributed by atoms with Crippen LogP contribution in [0.5, 0.6) is 0 Å². The van der Waals surface area contributed by atoms with E-state index in [0.29, 0.717) is 12.2 Å². The van der Waals surface area contributed by atoms with Gasteiger partial charge in [0.2, 0.25) is 0 Å². The SMILES string of the molecule is CNCCN(C)C(=O)c1csc2cncn12. The summed E-state index contributed by atoms with van der Waals surface area (Å²) in [6.07, 6.45) is 3.43. The number of rotatable bonds is 4. The van der Waals surface area contributed by atoms with Crippen LogP contribution < -0.4 is 5.32 Å². The summed E-state index contributed by atoms with van der Waals surface area (Å²) in [6, 6.07) is 0. The second-order valence-electron chi connectivity index (χ2n) is 3.55. The predicted octanol–water partition coefficient (Wildman–Crippen LogP) is 0.687. The second kappa shape index (κ2) is 4.63. The van der Waals surface area contributed by atoms with Gasteiger partial charge in [-0.1, -0.05) is 0 Å². The van der Waals surface area contributed by atoms with Crippen LogP contribution in [0.2, 0.25) is 0 Å². The molecule has 0 aromatic carbocycles. The predicted molar refractivity (Wildman–Crippen MR) is 64.0 cm³/mol. The minimum Gasteiger partial charge on any atom is -0.339 e. The fraction of sp³-hybridized carbons (Fsp3) is 0.400. The molecule has 0 radical (unpaired) electrons. The average molecular weight is 238 g/mol. The van der Waals surface area contributed by atoms with E-state index in [1.807, 2.05) is 16.8 Å². The molecule has 2 aromatic rings. The lowest BCUT2D eigenvalue weighted by atomic mass is 10.4. The van der Waals surface area contributed by atoms with Crippen LogP contribution in [0.4, 0.5) is 0 Å². The molecule has 0 atom stereocenters. The smallest absolute Gasteiger partial charge is 0.271 e. The number of nitrogens with zero attached hydrogens (tertiary/aromatic N) is 3. The first-order chi connectivity index (χ1) is 7.74. The highest BCUT2D eigenvalue weighted by molar-refractivity contribution is 7.15. The third-order valence-electron chi connectivity index (χ3n) is 2.42. The number of thiazole rings is 1. The maximum absolute atomic E-state index is 12.1. The van der Waals surface area contributed by atoms with Crippen LogP contribution in [0, 0.1) is 0 Å². The van der Waals surface area contributed by atoms with Crippen molar-refractivity contribution in [3.8, 4) is 0 Å². The van der Waals surface area contributed by atoms with Gasteiger partial charge in [-0.05, 0) is 7.05 Å². The molecule has 2 rings (SSSR count). The van der Waals surface area contributed by atoms with Crippen molar-refractivity contribution >= 4 is 22.1 Å². The van der Waals surface area contributed by atoms with Gasteiger partial charge in [-0.25, -0.2) is 4.98 Å². The van der Waals surface area contributed by atoms with Gasteiger partial charge in [-0.15, -0.1) is 11.3 Å². The number of likely N-dealkylation sites (N-methyl/N-ethyl adjacent to an activating group) is 2. The number of carbonyl (C=O) groups excluding carboxylic acids is 1. The van der Waals surface area contributed by atoms with Crippen molar-refractivity contribution in [2.45, 2.75) is 0 Å². The number of hydrogen-bond donors (Lipinski definition) is 1. The molecule has 0 spiro atoms. The highest BCUT2D eigenvalue weighted by Gasteiger charge is 2.15. The quantitative estimate of drug-likeness (QED) is 0.852. The van der Waals surface area contributed by atoms with Gasteiger partial charge in [-0.2, -0.15) is 0 Å². The molecule has 2 heterocycles. The molecular weight excluding hydrogens is 224 g/mol. The Balaban J connectivity index is 2.18. The monoisotopic (exact) mass is 238 g/mol. The van der Waals surface area contributed by atoms with Crippen LogP contribution in [0.3, 0.4) is 0 Å². The Hall–Kier alpha value is -1.40. The number of aromatic nitrogens is 2. The molecule has 86 valence electrons. The number of amides is 1. The maximum Gasteiger partial charge on any atom is 0.271 e. The van der Waals surface area contributed by atoms with Gasteiger partial charge < -0.3 is 10.2 Å². The Morgan fingerprint density at radius 1 is 1.69 bits per heavy atom. The van der Waals surface area contributed by atoms with Crippen molar-refractivity contribution < 1.29 is 4.79 Å². The third kappa shape index (κ3) is 1.94. The molecule has 0 aliphatic heterocycles. The van der Waals surface area contributed by atoms with E-state index in [9.17, 15) is 4.79 Å². The molecular formula is C10H14N4OS. The van der Waals surface area contributed by atoms with E-state index >= 15 is 0 Å². The van der Waals surface area contributed by atoms with Crippen molar-refractivity contribution in [3.05, 3.63) is 23.6 Å². The van der Waals surface area contributed by atoms with Crippen LogP contribution in [0.15, 0.2) is 17.9 Å². The molecule has 2 aromatic heterocycles. The van der Waals surface area contributed by atoms with E-state index in [0.717, 1.165) is 11.4 Å². The minimum atomic E-state index is 0.0273. The topological polar surface area (TPSA) is 49.6 Å². The maximum atomic E-state index is 12.1. The first-order valence-electron chi connectivity index (χ1n) is 5.03. The van der Waals surface area contributed by atoms with Crippen molar-refractivity contribution in [1.29, 1.82) is 0 Å². The van der Waals surface area contributed by atoms with E-state index in [2.05, 4.69) is 10.3 Å². The molecule has 1 amide bonds. The van der Waals surface area contributed by atoms with Crippen LogP contribution >= 0.6 is 11.3 Å². The van der Waals surface area contributed by atoms with Crippen molar-refractivity contribution in [2.75, 3.05) is 27.2 Å². The van der Waals surface area contributed by atoms with E-state index in [4.69, 9.17) is 0 Å². The molecule has 6 heteroatoms. The molecule has 5 nitrogen and oxygen atoms in total. The molecule has 0 fully saturated rings. The van der Waals surface area contributed by atoms with Crippen LogP contribution in [-0.4, -0.2) is 47.4 Å². The van der Waals surface area contributed by atoms with Crippen LogP contribution in [0.25, 0.3) is 4.83 Å². The van der Waals surface area contributed by atoms with Gasteiger partial charge in [0.05, 0.1) is 6.20 Å². The summed E-state index contributed by atoms with van der Waals surface area (Å²) in [5.74, 6) is 0.0273. The lowest BCUT2D eigenvalue weighted by molar-refractivity contribution is 0.0790. The first-order valence-corrected chi connectivity index (χ1v) is 5.91. The van der Waals surface area contributed by atoms with Crippen molar-refractivity contribution in [2.24, 2.45) is 0 Å². The fourth-order valence-electron chi connectivity index (χ4n) is 1.45. The Labute approximate surface area is 97.7 Å².